The van der Waals surface area contributed by atoms with Gasteiger partial charge in [0.2, 0.25) is 0 Å². The Labute approximate surface area is 157 Å². The molecule has 0 bridgehead atoms. The van der Waals surface area contributed by atoms with E-state index in [9.17, 15) is 19.1 Å². The summed E-state index contributed by atoms with van der Waals surface area (Å²) >= 11 is 5.63. The Balaban J connectivity index is 1.69. The van der Waals surface area contributed by atoms with Gasteiger partial charge in [-0.1, -0.05) is 11.6 Å². The van der Waals surface area contributed by atoms with Gasteiger partial charge in [-0.2, -0.15) is 0 Å². The number of carbonyl (C=O) groups excluding carboxylic acids is 2. The quantitative estimate of drug-likeness (QED) is 0.579. The normalized spacial score (nSPS) is 13.0. The van der Waals surface area contributed by atoms with E-state index in [0.29, 0.717) is 5.56 Å². The summed E-state index contributed by atoms with van der Waals surface area (Å²) in [6, 6.07) is 8.11. The van der Waals surface area contributed by atoms with Gasteiger partial charge in [0.05, 0.1) is 30.4 Å². The average molecular weight is 393 g/mol. The SMILES string of the molecule is O=C(NC[C@@](O)(c1ccoc1)c1ccco1)C(=O)Nc1ccc(F)c(Cl)c1. The number of rotatable bonds is 5. The highest BCUT2D eigenvalue weighted by atomic mass is 35.5. The van der Waals surface area contributed by atoms with E-state index in [1.54, 1.807) is 6.07 Å². The van der Waals surface area contributed by atoms with E-state index in [4.69, 9.17) is 20.4 Å². The van der Waals surface area contributed by atoms with E-state index in [2.05, 4.69) is 10.6 Å². The number of hydrogen-bond acceptors (Lipinski definition) is 5. The Kier molecular flexibility index (Phi) is 5.29. The molecule has 1 atom stereocenters. The maximum Gasteiger partial charge on any atom is 0.313 e. The van der Waals surface area contributed by atoms with Crippen LogP contribution in [-0.2, 0) is 15.2 Å². The van der Waals surface area contributed by atoms with Gasteiger partial charge in [0.15, 0.2) is 5.60 Å². The molecule has 1 aromatic carbocycles. The van der Waals surface area contributed by atoms with Crippen molar-refractivity contribution in [3.63, 3.8) is 0 Å². The lowest BCUT2D eigenvalue weighted by atomic mass is 9.93. The second-order valence-electron chi connectivity index (χ2n) is 5.62. The summed E-state index contributed by atoms with van der Waals surface area (Å²) in [5, 5.41) is 15.4. The third kappa shape index (κ3) is 4.02. The molecule has 2 aromatic heterocycles. The number of benzene rings is 1. The molecule has 9 heteroatoms. The summed E-state index contributed by atoms with van der Waals surface area (Å²) < 4.78 is 23.4. The lowest BCUT2D eigenvalue weighted by Gasteiger charge is -2.25. The van der Waals surface area contributed by atoms with Crippen molar-refractivity contribution in [1.82, 2.24) is 5.32 Å². The lowest BCUT2D eigenvalue weighted by molar-refractivity contribution is -0.136. The molecule has 3 rings (SSSR count). The van der Waals surface area contributed by atoms with Crippen LogP contribution in [0, 0.1) is 5.82 Å². The highest BCUT2D eigenvalue weighted by molar-refractivity contribution is 6.39. The van der Waals surface area contributed by atoms with Gasteiger partial charge in [-0.05, 0) is 36.4 Å². The molecular formula is C18H14ClFN2O5. The molecule has 3 aromatic rings. The zero-order valence-electron chi connectivity index (χ0n) is 13.7. The van der Waals surface area contributed by atoms with Gasteiger partial charge in [-0.25, -0.2) is 4.39 Å². The fraction of sp³-hybridized carbons (Fsp3) is 0.111. The van der Waals surface area contributed by atoms with E-state index in [0.717, 1.165) is 6.07 Å². The smallest absolute Gasteiger partial charge is 0.313 e. The molecule has 0 spiro atoms. The summed E-state index contributed by atoms with van der Waals surface area (Å²) in [5.41, 5.74) is -1.24. The van der Waals surface area contributed by atoms with Crippen LogP contribution in [0.15, 0.2) is 64.0 Å². The van der Waals surface area contributed by atoms with Crippen LogP contribution in [0.25, 0.3) is 0 Å². The van der Waals surface area contributed by atoms with Crippen molar-refractivity contribution in [2.24, 2.45) is 0 Å². The maximum absolute atomic E-state index is 13.1. The average Bonchev–Trinajstić information content (AvgIpc) is 3.36. The molecule has 2 amide bonds. The minimum Gasteiger partial charge on any atom is -0.472 e. The number of anilines is 1. The summed E-state index contributed by atoms with van der Waals surface area (Å²) in [6.45, 7) is -0.351. The summed E-state index contributed by atoms with van der Waals surface area (Å²) in [4.78, 5) is 24.1. The highest BCUT2D eigenvalue weighted by Gasteiger charge is 2.36. The van der Waals surface area contributed by atoms with Crippen LogP contribution >= 0.6 is 11.6 Å². The number of carbonyl (C=O) groups is 2. The first-order valence-electron chi connectivity index (χ1n) is 7.73. The van der Waals surface area contributed by atoms with Crippen molar-refractivity contribution in [2.45, 2.75) is 5.60 Å². The first kappa shape index (κ1) is 18.7. The number of hydrogen-bond donors (Lipinski definition) is 3. The van der Waals surface area contributed by atoms with Gasteiger partial charge in [0, 0.05) is 11.3 Å². The monoisotopic (exact) mass is 392 g/mol. The molecule has 0 fully saturated rings. The fourth-order valence-electron chi connectivity index (χ4n) is 2.40. The molecule has 0 radical (unpaired) electrons. The van der Waals surface area contributed by atoms with Crippen LogP contribution in [-0.4, -0.2) is 23.5 Å². The van der Waals surface area contributed by atoms with E-state index in [1.165, 1.54) is 43.1 Å². The minimum absolute atomic E-state index is 0.151. The number of nitrogens with one attached hydrogen (secondary N) is 2. The molecule has 27 heavy (non-hydrogen) atoms. The minimum atomic E-state index is -1.73. The number of aliphatic hydroxyl groups is 1. The van der Waals surface area contributed by atoms with Crippen LogP contribution in [0.1, 0.15) is 11.3 Å². The van der Waals surface area contributed by atoms with E-state index in [1.807, 2.05) is 0 Å². The second-order valence-corrected chi connectivity index (χ2v) is 6.02. The van der Waals surface area contributed by atoms with Crippen molar-refractivity contribution < 1.29 is 27.9 Å². The summed E-state index contributed by atoms with van der Waals surface area (Å²) in [7, 11) is 0. The molecule has 0 aliphatic carbocycles. The Morgan fingerprint density at radius 1 is 1.19 bits per heavy atom. The van der Waals surface area contributed by atoms with Crippen molar-refractivity contribution in [1.29, 1.82) is 0 Å². The molecular weight excluding hydrogens is 379 g/mol. The fourth-order valence-corrected chi connectivity index (χ4v) is 2.58. The Morgan fingerprint density at radius 2 is 2.00 bits per heavy atom. The Bertz CT molecular complexity index is 907. The Hall–Kier alpha value is -3.10. The van der Waals surface area contributed by atoms with Crippen molar-refractivity contribution >= 4 is 29.1 Å². The zero-order chi connectivity index (χ0) is 19.4. The van der Waals surface area contributed by atoms with Crippen molar-refractivity contribution in [2.75, 3.05) is 11.9 Å². The molecule has 0 aliphatic rings. The first-order valence-corrected chi connectivity index (χ1v) is 8.11. The largest absolute Gasteiger partial charge is 0.472 e. The van der Waals surface area contributed by atoms with Gasteiger partial charge in [0.25, 0.3) is 0 Å². The van der Waals surface area contributed by atoms with Crippen LogP contribution in [0.2, 0.25) is 5.02 Å². The van der Waals surface area contributed by atoms with Gasteiger partial charge in [0.1, 0.15) is 11.6 Å². The predicted molar refractivity (Wildman–Crippen MR) is 93.5 cm³/mol. The molecule has 0 unspecified atom stereocenters. The third-order valence-corrected chi connectivity index (χ3v) is 4.11. The van der Waals surface area contributed by atoms with Gasteiger partial charge in [-0.15, -0.1) is 0 Å². The van der Waals surface area contributed by atoms with Crippen molar-refractivity contribution in [3.05, 3.63) is 77.4 Å². The topological polar surface area (TPSA) is 105 Å². The standard InChI is InChI=1S/C18H14ClFN2O5/c19-13-8-12(3-4-14(13)20)22-17(24)16(23)21-10-18(25,11-5-7-26-9-11)15-2-1-6-27-15/h1-9,25H,10H2,(H,21,23)(H,22,24)/t18-/m1/s1. The first-order chi connectivity index (χ1) is 12.9. The zero-order valence-corrected chi connectivity index (χ0v) is 14.5. The molecule has 7 nitrogen and oxygen atoms in total. The number of furan rings is 2. The highest BCUT2D eigenvalue weighted by Crippen LogP contribution is 2.29. The van der Waals surface area contributed by atoms with Crippen LogP contribution < -0.4 is 10.6 Å². The molecule has 140 valence electrons. The predicted octanol–water partition coefficient (Wildman–Crippen LogP) is 2.66. The molecule has 2 heterocycles. The van der Waals surface area contributed by atoms with Gasteiger partial charge < -0.3 is 24.6 Å². The maximum atomic E-state index is 13.1. The molecule has 3 N–H and O–H groups in total. The lowest BCUT2D eigenvalue weighted by Crippen LogP contribution is -2.45. The molecule has 0 aliphatic heterocycles. The van der Waals surface area contributed by atoms with E-state index >= 15 is 0 Å². The molecule has 0 saturated carbocycles. The van der Waals surface area contributed by atoms with E-state index in [-0.39, 0.29) is 23.0 Å². The Morgan fingerprint density at radius 3 is 2.63 bits per heavy atom. The van der Waals surface area contributed by atoms with Crippen molar-refractivity contribution in [3.8, 4) is 0 Å². The number of amides is 2. The second kappa shape index (κ2) is 7.65. The summed E-state index contributed by atoms with van der Waals surface area (Å²) in [5.74, 6) is -2.51. The summed E-state index contributed by atoms with van der Waals surface area (Å²) in [6.07, 6.45) is 4.03. The van der Waals surface area contributed by atoms with Crippen LogP contribution in [0.4, 0.5) is 10.1 Å². The van der Waals surface area contributed by atoms with Crippen LogP contribution in [0.3, 0.4) is 0 Å². The number of halogens is 2. The third-order valence-electron chi connectivity index (χ3n) is 3.82. The van der Waals surface area contributed by atoms with Crippen LogP contribution in [0.5, 0.6) is 0 Å². The molecule has 0 saturated heterocycles. The van der Waals surface area contributed by atoms with E-state index < -0.39 is 23.2 Å². The van der Waals surface area contributed by atoms with Gasteiger partial charge >= 0.3 is 11.8 Å². The van der Waals surface area contributed by atoms with Gasteiger partial charge in [-0.3, -0.25) is 9.59 Å².